The predicted octanol–water partition coefficient (Wildman–Crippen LogP) is 13.2. The van der Waals surface area contributed by atoms with Gasteiger partial charge in [0.25, 0.3) is 0 Å². The van der Waals surface area contributed by atoms with Crippen molar-refractivity contribution in [2.24, 2.45) is 0 Å². The van der Waals surface area contributed by atoms with E-state index in [2.05, 4.69) is 202 Å². The Morgan fingerprint density at radius 2 is 0.679 bits per heavy atom. The molecule has 3 aliphatic rings. The van der Waals surface area contributed by atoms with Crippen LogP contribution in [0.2, 0.25) is 0 Å². The van der Waals surface area contributed by atoms with E-state index < -0.39 is 0 Å². The summed E-state index contributed by atoms with van der Waals surface area (Å²) in [6.07, 6.45) is 0. The summed E-state index contributed by atoms with van der Waals surface area (Å²) in [6.45, 7) is 4.77. The monoisotopic (exact) mass is 674 g/mol. The number of benzene rings is 8. The lowest BCUT2D eigenvalue weighted by Gasteiger charge is -2.31. The molecule has 11 rings (SSSR count). The lowest BCUT2D eigenvalue weighted by atomic mass is 9.69. The number of hydrogen-bond acceptors (Lipinski definition) is 0. The second-order valence-corrected chi connectivity index (χ2v) is 15.6. The van der Waals surface area contributed by atoms with E-state index in [0.29, 0.717) is 0 Å². The van der Waals surface area contributed by atoms with Gasteiger partial charge in [-0.1, -0.05) is 202 Å². The standard InChI is InChI=1S/C53H38/c1-52(2)45-20-10-6-16-39(45)43-30-28-37(32-49(43)52)51(36-26-24-35(25-27-36)34-14-4-3-5-15-34)38-29-31-44-42-19-9-13-23-48(42)53(50(44)33-38)46-21-11-7-17-40(46)41-18-8-12-22-47(41)53/h3-33,51H,1-2H3. The van der Waals surface area contributed by atoms with Crippen LogP contribution in [0.1, 0.15) is 69.8 Å². The highest BCUT2D eigenvalue weighted by Gasteiger charge is 2.51. The molecule has 0 heterocycles. The first-order valence-corrected chi connectivity index (χ1v) is 18.9. The smallest absolute Gasteiger partial charge is 0.0622 e. The zero-order chi connectivity index (χ0) is 35.3. The third kappa shape index (κ3) is 4.12. The van der Waals surface area contributed by atoms with Gasteiger partial charge in [-0.3, -0.25) is 0 Å². The molecule has 0 heteroatoms. The van der Waals surface area contributed by atoms with Crippen molar-refractivity contribution in [1.29, 1.82) is 0 Å². The van der Waals surface area contributed by atoms with Crippen LogP contribution in [0, 0.1) is 0 Å². The maximum atomic E-state index is 2.57. The van der Waals surface area contributed by atoms with Gasteiger partial charge in [-0.05, 0) is 94.6 Å². The van der Waals surface area contributed by atoms with Crippen molar-refractivity contribution in [1.82, 2.24) is 0 Å². The van der Waals surface area contributed by atoms with E-state index in [1.165, 1.54) is 94.6 Å². The highest BCUT2D eigenvalue weighted by Crippen LogP contribution is 2.63. The predicted molar refractivity (Wildman–Crippen MR) is 220 cm³/mol. The van der Waals surface area contributed by atoms with E-state index in [1.807, 2.05) is 0 Å². The van der Waals surface area contributed by atoms with Gasteiger partial charge in [0.2, 0.25) is 0 Å². The first-order chi connectivity index (χ1) is 26.0. The van der Waals surface area contributed by atoms with Crippen LogP contribution in [0.25, 0.3) is 44.5 Å². The van der Waals surface area contributed by atoms with Crippen molar-refractivity contribution >= 4 is 0 Å². The molecular weight excluding hydrogens is 637 g/mol. The van der Waals surface area contributed by atoms with Crippen LogP contribution in [0.5, 0.6) is 0 Å². The lowest BCUT2D eigenvalue weighted by molar-refractivity contribution is 0.659. The average Bonchev–Trinajstić information content (AvgIpc) is 3.77. The Balaban J connectivity index is 1.15. The maximum Gasteiger partial charge on any atom is 0.0725 e. The van der Waals surface area contributed by atoms with E-state index in [4.69, 9.17) is 0 Å². The Labute approximate surface area is 312 Å². The second-order valence-electron chi connectivity index (χ2n) is 15.6. The normalized spacial score (nSPS) is 15.2. The van der Waals surface area contributed by atoms with Crippen molar-refractivity contribution in [3.8, 4) is 44.5 Å². The number of rotatable bonds is 4. The first kappa shape index (κ1) is 30.4. The Morgan fingerprint density at radius 3 is 1.23 bits per heavy atom. The van der Waals surface area contributed by atoms with E-state index in [-0.39, 0.29) is 16.7 Å². The van der Waals surface area contributed by atoms with Gasteiger partial charge in [0.1, 0.15) is 0 Å². The highest BCUT2D eigenvalue weighted by molar-refractivity contribution is 5.95. The van der Waals surface area contributed by atoms with E-state index in [1.54, 1.807) is 0 Å². The molecule has 0 fully saturated rings. The number of fused-ring (bicyclic) bond motifs is 13. The molecule has 250 valence electrons. The molecule has 1 spiro atoms. The van der Waals surface area contributed by atoms with Crippen LogP contribution >= 0.6 is 0 Å². The molecule has 1 unspecified atom stereocenters. The first-order valence-electron chi connectivity index (χ1n) is 18.9. The Kier molecular flexibility index (Phi) is 6.38. The molecule has 0 N–H and O–H groups in total. The van der Waals surface area contributed by atoms with Gasteiger partial charge in [-0.2, -0.15) is 0 Å². The zero-order valence-electron chi connectivity index (χ0n) is 30.0. The molecule has 0 saturated carbocycles. The summed E-state index contributed by atoms with van der Waals surface area (Å²) < 4.78 is 0. The van der Waals surface area contributed by atoms with Crippen LogP contribution in [0.4, 0.5) is 0 Å². The van der Waals surface area contributed by atoms with Gasteiger partial charge in [0, 0.05) is 11.3 Å². The number of hydrogen-bond donors (Lipinski definition) is 0. The summed E-state index contributed by atoms with van der Waals surface area (Å²) in [6, 6.07) is 71.0. The Morgan fingerprint density at radius 1 is 0.302 bits per heavy atom. The van der Waals surface area contributed by atoms with Crippen LogP contribution in [0.15, 0.2) is 188 Å². The quantitative estimate of drug-likeness (QED) is 0.163. The van der Waals surface area contributed by atoms with Crippen molar-refractivity contribution in [3.05, 3.63) is 238 Å². The van der Waals surface area contributed by atoms with E-state index >= 15 is 0 Å². The molecular formula is C53H38. The Bertz CT molecular complexity index is 2680. The fraction of sp³-hybridized carbons (Fsp3) is 0.0943. The lowest BCUT2D eigenvalue weighted by Crippen LogP contribution is -2.26. The summed E-state index contributed by atoms with van der Waals surface area (Å²) >= 11 is 0. The molecule has 0 aliphatic heterocycles. The van der Waals surface area contributed by atoms with Gasteiger partial charge in [-0.25, -0.2) is 0 Å². The summed E-state index contributed by atoms with van der Waals surface area (Å²) in [5.41, 5.74) is 22.4. The fourth-order valence-corrected chi connectivity index (χ4v) is 10.3. The fourth-order valence-electron chi connectivity index (χ4n) is 10.3. The van der Waals surface area contributed by atoms with E-state index in [0.717, 1.165) is 0 Å². The molecule has 0 nitrogen and oxygen atoms in total. The second kappa shape index (κ2) is 11.1. The van der Waals surface area contributed by atoms with Crippen LogP contribution in [-0.4, -0.2) is 0 Å². The Hall–Kier alpha value is -6.24. The minimum atomic E-state index is -0.377. The minimum Gasteiger partial charge on any atom is -0.0622 e. The van der Waals surface area contributed by atoms with Crippen LogP contribution in [0.3, 0.4) is 0 Å². The molecule has 0 aromatic heterocycles. The van der Waals surface area contributed by atoms with Crippen LogP contribution < -0.4 is 0 Å². The zero-order valence-corrected chi connectivity index (χ0v) is 30.0. The highest BCUT2D eigenvalue weighted by atomic mass is 14.5. The topological polar surface area (TPSA) is 0 Å². The summed E-state index contributed by atoms with van der Waals surface area (Å²) in [5.74, 6) is 0.0441. The third-order valence-electron chi connectivity index (χ3n) is 12.6. The molecule has 0 radical (unpaired) electrons. The minimum absolute atomic E-state index is 0.0441. The van der Waals surface area contributed by atoms with Crippen molar-refractivity contribution in [3.63, 3.8) is 0 Å². The summed E-state index contributed by atoms with van der Waals surface area (Å²) in [7, 11) is 0. The molecule has 53 heavy (non-hydrogen) atoms. The van der Waals surface area contributed by atoms with Crippen LogP contribution in [-0.2, 0) is 10.8 Å². The average molecular weight is 675 g/mol. The molecule has 3 aliphatic carbocycles. The van der Waals surface area contributed by atoms with Gasteiger partial charge in [0.05, 0.1) is 5.41 Å². The molecule has 1 atom stereocenters. The van der Waals surface area contributed by atoms with Gasteiger partial charge in [-0.15, -0.1) is 0 Å². The maximum absolute atomic E-state index is 2.57. The largest absolute Gasteiger partial charge is 0.0725 e. The molecule has 8 aromatic rings. The molecule has 8 aromatic carbocycles. The third-order valence-corrected chi connectivity index (χ3v) is 12.6. The van der Waals surface area contributed by atoms with Gasteiger partial charge in [0.15, 0.2) is 0 Å². The van der Waals surface area contributed by atoms with Gasteiger partial charge >= 0.3 is 0 Å². The van der Waals surface area contributed by atoms with Crippen molar-refractivity contribution in [2.45, 2.75) is 30.6 Å². The van der Waals surface area contributed by atoms with E-state index in [9.17, 15) is 0 Å². The molecule has 0 bridgehead atoms. The summed E-state index contributed by atoms with van der Waals surface area (Å²) in [4.78, 5) is 0. The molecule has 0 amide bonds. The molecule has 0 saturated heterocycles. The van der Waals surface area contributed by atoms with Crippen molar-refractivity contribution in [2.75, 3.05) is 0 Å². The summed E-state index contributed by atoms with van der Waals surface area (Å²) in [5, 5.41) is 0. The van der Waals surface area contributed by atoms with Crippen molar-refractivity contribution < 1.29 is 0 Å². The van der Waals surface area contributed by atoms with Gasteiger partial charge < -0.3 is 0 Å². The SMILES string of the molecule is CC1(C)c2ccccc2-c2ccc(C(c3ccc(-c4ccccc4)cc3)c3ccc4c(c3)C3(c5ccccc5-c5ccccc53)c3ccccc3-4)cc21.